The van der Waals surface area contributed by atoms with E-state index in [0.29, 0.717) is 18.7 Å². The van der Waals surface area contributed by atoms with Crippen molar-refractivity contribution in [3.63, 3.8) is 0 Å². The maximum Gasteiger partial charge on any atom is 0.213 e. The van der Waals surface area contributed by atoms with Crippen LogP contribution in [0.5, 0.6) is 11.6 Å². The predicted molar refractivity (Wildman–Crippen MR) is 85.8 cm³/mol. The lowest BCUT2D eigenvalue weighted by molar-refractivity contribution is 0.328. The van der Waals surface area contributed by atoms with Crippen LogP contribution >= 0.6 is 0 Å². The van der Waals surface area contributed by atoms with Crippen LogP contribution in [0.2, 0.25) is 0 Å². The average Bonchev–Trinajstić information content (AvgIpc) is 2.68. The first kappa shape index (κ1) is 16.0. The van der Waals surface area contributed by atoms with E-state index < -0.39 is 0 Å². The Hall–Kier alpha value is -2.41. The quantitative estimate of drug-likeness (QED) is 0.902. The lowest BCUT2D eigenvalue weighted by Gasteiger charge is -2.20. The molecule has 116 valence electrons. The molecule has 0 bridgehead atoms. The number of aromatic hydroxyl groups is 2. The highest BCUT2D eigenvalue weighted by atomic mass is 16.3. The van der Waals surface area contributed by atoms with Gasteiger partial charge in [-0.2, -0.15) is 5.26 Å². The molecule has 0 saturated heterocycles. The van der Waals surface area contributed by atoms with Crippen LogP contribution in [-0.2, 0) is 13.0 Å². The monoisotopic (exact) mass is 298 g/mol. The molecule has 0 amide bonds. The molecule has 1 aromatic carbocycles. The molecule has 4 nitrogen and oxygen atoms in total. The largest absolute Gasteiger partial charge is 0.505 e. The van der Waals surface area contributed by atoms with Crippen molar-refractivity contribution in [1.82, 2.24) is 4.57 Å². The molecule has 0 saturated carbocycles. The van der Waals surface area contributed by atoms with Gasteiger partial charge >= 0.3 is 0 Å². The highest BCUT2D eigenvalue weighted by Crippen LogP contribution is 2.36. The smallest absolute Gasteiger partial charge is 0.213 e. The van der Waals surface area contributed by atoms with Gasteiger partial charge in [-0.25, -0.2) is 0 Å². The van der Waals surface area contributed by atoms with Gasteiger partial charge in [0.25, 0.3) is 0 Å². The Morgan fingerprint density at radius 3 is 2.32 bits per heavy atom. The number of nitrogens with zero attached hydrogens (tertiary/aromatic N) is 2. The average molecular weight is 298 g/mol. The van der Waals surface area contributed by atoms with E-state index in [4.69, 9.17) is 5.26 Å². The first-order valence-corrected chi connectivity index (χ1v) is 7.41. The third-order valence-corrected chi connectivity index (χ3v) is 3.73. The predicted octanol–water partition coefficient (Wildman–Crippen LogP) is 3.80. The highest BCUT2D eigenvalue weighted by molar-refractivity contribution is 5.55. The van der Waals surface area contributed by atoms with Crippen molar-refractivity contribution in [2.45, 2.75) is 40.2 Å². The molecule has 0 aliphatic heterocycles. The van der Waals surface area contributed by atoms with Gasteiger partial charge in [-0.05, 0) is 17.4 Å². The van der Waals surface area contributed by atoms with Crippen molar-refractivity contribution in [2.75, 3.05) is 0 Å². The molecule has 0 spiro atoms. The Bertz CT molecular complexity index is 689. The van der Waals surface area contributed by atoms with E-state index in [9.17, 15) is 10.2 Å². The Balaban J connectivity index is 2.40. The topological polar surface area (TPSA) is 69.2 Å². The zero-order valence-corrected chi connectivity index (χ0v) is 13.3. The number of hydrogen-bond donors (Lipinski definition) is 2. The van der Waals surface area contributed by atoms with Crippen LogP contribution in [0.4, 0.5) is 0 Å². The van der Waals surface area contributed by atoms with Crippen molar-refractivity contribution in [3.8, 4) is 17.7 Å². The summed E-state index contributed by atoms with van der Waals surface area (Å²) >= 11 is 0. The second-order valence-corrected chi connectivity index (χ2v) is 6.73. The van der Waals surface area contributed by atoms with Crippen LogP contribution in [0.25, 0.3) is 0 Å². The van der Waals surface area contributed by atoms with E-state index in [-0.39, 0.29) is 22.6 Å². The van der Waals surface area contributed by atoms with Gasteiger partial charge in [0.2, 0.25) is 5.88 Å². The summed E-state index contributed by atoms with van der Waals surface area (Å²) in [6.45, 7) is 6.92. The number of aromatic nitrogens is 1. The Labute approximate surface area is 131 Å². The van der Waals surface area contributed by atoms with E-state index >= 15 is 0 Å². The minimum Gasteiger partial charge on any atom is -0.505 e. The minimum atomic E-state index is -0.143. The number of nitriles is 1. The van der Waals surface area contributed by atoms with Crippen molar-refractivity contribution in [1.29, 1.82) is 5.26 Å². The molecule has 0 aliphatic carbocycles. The van der Waals surface area contributed by atoms with E-state index in [0.717, 1.165) is 12.0 Å². The normalized spacial score (nSPS) is 11.4. The molecular formula is C18H22N2O2. The fourth-order valence-electron chi connectivity index (χ4n) is 2.40. The molecule has 1 aromatic heterocycles. The Kier molecular flexibility index (Phi) is 4.46. The Morgan fingerprint density at radius 1 is 1.14 bits per heavy atom. The van der Waals surface area contributed by atoms with Crippen molar-refractivity contribution in [2.24, 2.45) is 5.41 Å². The Morgan fingerprint density at radius 2 is 1.77 bits per heavy atom. The fraction of sp³-hybridized carbons (Fsp3) is 0.389. The highest BCUT2D eigenvalue weighted by Gasteiger charge is 2.23. The summed E-state index contributed by atoms with van der Waals surface area (Å²) in [4.78, 5) is 0. The summed E-state index contributed by atoms with van der Waals surface area (Å²) in [6.07, 6.45) is 1.31. The van der Waals surface area contributed by atoms with E-state index in [2.05, 4.69) is 20.8 Å². The van der Waals surface area contributed by atoms with Gasteiger partial charge in [0, 0.05) is 13.0 Å². The minimum absolute atomic E-state index is 0.0418. The van der Waals surface area contributed by atoms with Crippen LogP contribution in [0.1, 0.15) is 44.0 Å². The molecule has 0 atom stereocenters. The molecule has 2 rings (SSSR count). The van der Waals surface area contributed by atoms with Crippen LogP contribution < -0.4 is 0 Å². The maximum atomic E-state index is 10.3. The van der Waals surface area contributed by atoms with Gasteiger partial charge in [0.15, 0.2) is 11.3 Å². The second kappa shape index (κ2) is 6.15. The summed E-state index contributed by atoms with van der Waals surface area (Å²) in [6, 6.07) is 11.6. The lowest BCUT2D eigenvalue weighted by atomic mass is 9.92. The lowest BCUT2D eigenvalue weighted by Crippen LogP contribution is -2.12. The first-order chi connectivity index (χ1) is 10.3. The number of rotatable bonds is 4. The van der Waals surface area contributed by atoms with Gasteiger partial charge in [0.05, 0.1) is 5.69 Å². The third-order valence-electron chi connectivity index (χ3n) is 3.73. The molecule has 0 fully saturated rings. The van der Waals surface area contributed by atoms with E-state index in [1.165, 1.54) is 0 Å². The van der Waals surface area contributed by atoms with Crippen LogP contribution in [-0.4, -0.2) is 14.8 Å². The molecule has 0 unspecified atom stereocenters. The maximum absolute atomic E-state index is 10.3. The molecule has 1 heterocycles. The summed E-state index contributed by atoms with van der Waals surface area (Å²) in [5.41, 5.74) is 1.67. The summed E-state index contributed by atoms with van der Waals surface area (Å²) < 4.78 is 1.66. The third kappa shape index (κ3) is 3.43. The zero-order valence-electron chi connectivity index (χ0n) is 13.3. The number of benzene rings is 1. The van der Waals surface area contributed by atoms with Gasteiger partial charge in [-0.1, -0.05) is 51.1 Å². The van der Waals surface area contributed by atoms with Gasteiger partial charge in [-0.15, -0.1) is 0 Å². The van der Waals surface area contributed by atoms with Crippen molar-refractivity contribution < 1.29 is 10.2 Å². The standard InChI is InChI=1S/C18H22N2O2/c1-18(2,3)9-10-20-15(11-13-7-5-4-6-8-13)16(21)14(12-19)17(20)22/h4-8,21-22H,9-11H2,1-3H3. The van der Waals surface area contributed by atoms with Crippen LogP contribution in [0, 0.1) is 16.7 Å². The molecule has 0 radical (unpaired) electrons. The fourth-order valence-corrected chi connectivity index (χ4v) is 2.40. The van der Waals surface area contributed by atoms with Crippen LogP contribution in [0.15, 0.2) is 30.3 Å². The summed E-state index contributed by atoms with van der Waals surface area (Å²) in [5.74, 6) is -0.257. The first-order valence-electron chi connectivity index (χ1n) is 7.41. The van der Waals surface area contributed by atoms with Gasteiger partial charge in [-0.3, -0.25) is 0 Å². The molecule has 0 aliphatic rings. The zero-order chi connectivity index (χ0) is 16.3. The molecule has 22 heavy (non-hydrogen) atoms. The van der Waals surface area contributed by atoms with Gasteiger partial charge in [0.1, 0.15) is 6.07 Å². The molecule has 2 N–H and O–H groups in total. The molecular weight excluding hydrogens is 276 g/mol. The summed E-state index contributed by atoms with van der Waals surface area (Å²) in [5, 5.41) is 29.7. The summed E-state index contributed by atoms with van der Waals surface area (Å²) in [7, 11) is 0. The van der Waals surface area contributed by atoms with E-state index in [1.807, 2.05) is 36.4 Å². The van der Waals surface area contributed by atoms with Crippen molar-refractivity contribution >= 4 is 0 Å². The van der Waals surface area contributed by atoms with Gasteiger partial charge < -0.3 is 14.8 Å². The van der Waals surface area contributed by atoms with Crippen LogP contribution in [0.3, 0.4) is 0 Å². The van der Waals surface area contributed by atoms with E-state index in [1.54, 1.807) is 4.57 Å². The number of hydrogen-bond acceptors (Lipinski definition) is 3. The second-order valence-electron chi connectivity index (χ2n) is 6.73. The molecule has 2 aromatic rings. The molecule has 4 heteroatoms. The van der Waals surface area contributed by atoms with Crippen molar-refractivity contribution in [3.05, 3.63) is 47.2 Å². The SMILES string of the molecule is CC(C)(C)CCn1c(O)c(C#N)c(O)c1Cc1ccccc1.